The summed E-state index contributed by atoms with van der Waals surface area (Å²) in [6.07, 6.45) is 3.50. The summed E-state index contributed by atoms with van der Waals surface area (Å²) < 4.78 is 27.0. The molecule has 2 N–H and O–H groups in total. The van der Waals surface area contributed by atoms with E-state index in [1.807, 2.05) is 0 Å². The van der Waals surface area contributed by atoms with Gasteiger partial charge in [0, 0.05) is 16.1 Å². The van der Waals surface area contributed by atoms with Crippen LogP contribution in [0.5, 0.6) is 0 Å². The first kappa shape index (κ1) is 18.9. The topological polar surface area (TPSA) is 75.3 Å². The predicted octanol–water partition coefficient (Wildman–Crippen LogP) is 3.30. The zero-order valence-electron chi connectivity index (χ0n) is 15.0. The van der Waals surface area contributed by atoms with Gasteiger partial charge in [-0.1, -0.05) is 20.8 Å². The maximum atomic E-state index is 12.8. The van der Waals surface area contributed by atoms with Gasteiger partial charge >= 0.3 is 0 Å². The van der Waals surface area contributed by atoms with Gasteiger partial charge < -0.3 is 5.32 Å². The van der Waals surface area contributed by atoms with Crippen LogP contribution in [0.15, 0.2) is 27.6 Å². The quantitative estimate of drug-likeness (QED) is 0.771. The van der Waals surface area contributed by atoms with Crippen LogP contribution in [0.25, 0.3) is 0 Å². The molecule has 0 aromatic heterocycles. The molecule has 5 nitrogen and oxygen atoms in total. The lowest BCUT2D eigenvalue weighted by molar-refractivity contribution is 0.0737. The lowest BCUT2D eigenvalue weighted by Gasteiger charge is -2.43. The van der Waals surface area contributed by atoms with Crippen LogP contribution in [0.4, 0.5) is 0 Å². The first-order valence-electron chi connectivity index (χ1n) is 8.55. The van der Waals surface area contributed by atoms with Gasteiger partial charge in [0.15, 0.2) is 0 Å². The minimum Gasteiger partial charge on any atom is -0.348 e. The summed E-state index contributed by atoms with van der Waals surface area (Å²) in [5.41, 5.74) is 0.538. The van der Waals surface area contributed by atoms with Crippen molar-refractivity contribution < 1.29 is 13.2 Å². The average molecular weight is 429 g/mol. The normalized spacial score (nSPS) is 30.4. The number of amides is 1. The van der Waals surface area contributed by atoms with Gasteiger partial charge in [0.25, 0.3) is 5.91 Å². The standard InChI is InChI=1S/C18H25BrN2O3S/c1-17(2)12-7-8-18(3,10-12)16(17)21-15(22)11-5-6-13(19)14(9-11)25(23,24)20-4/h5-6,9,12,16,20H,7-8,10H2,1-4H3,(H,21,22). The third-order valence-electron chi connectivity index (χ3n) is 6.30. The summed E-state index contributed by atoms with van der Waals surface area (Å²) in [6.45, 7) is 6.71. The Morgan fingerprint density at radius 2 is 1.96 bits per heavy atom. The van der Waals surface area contributed by atoms with Crippen molar-refractivity contribution in [2.24, 2.45) is 16.7 Å². The molecular weight excluding hydrogens is 404 g/mol. The predicted molar refractivity (Wildman–Crippen MR) is 101 cm³/mol. The second kappa shape index (κ2) is 6.06. The van der Waals surface area contributed by atoms with Crippen molar-refractivity contribution in [3.05, 3.63) is 28.2 Å². The maximum Gasteiger partial charge on any atom is 0.251 e. The first-order valence-corrected chi connectivity index (χ1v) is 10.8. The molecule has 2 aliphatic rings. The molecule has 2 aliphatic carbocycles. The lowest BCUT2D eigenvalue weighted by atomic mass is 9.68. The average Bonchev–Trinajstić information content (AvgIpc) is 3.02. The lowest BCUT2D eigenvalue weighted by Crippen LogP contribution is -2.52. The van der Waals surface area contributed by atoms with Crippen LogP contribution in [0, 0.1) is 16.7 Å². The van der Waals surface area contributed by atoms with E-state index in [0.29, 0.717) is 16.0 Å². The number of halogens is 1. The molecule has 1 aromatic rings. The number of rotatable bonds is 4. The number of carbonyl (C=O) groups excluding carboxylic acids is 1. The molecule has 0 radical (unpaired) electrons. The molecule has 0 spiro atoms. The van der Waals surface area contributed by atoms with Crippen molar-refractivity contribution in [2.45, 2.75) is 51.0 Å². The molecule has 3 unspecified atom stereocenters. The Morgan fingerprint density at radius 1 is 1.28 bits per heavy atom. The minimum absolute atomic E-state index is 0.0535. The van der Waals surface area contributed by atoms with Crippen molar-refractivity contribution in [2.75, 3.05) is 7.05 Å². The smallest absolute Gasteiger partial charge is 0.251 e. The third kappa shape index (κ3) is 3.04. The molecule has 0 aliphatic heterocycles. The third-order valence-corrected chi connectivity index (χ3v) is 8.71. The largest absolute Gasteiger partial charge is 0.348 e. The first-order chi connectivity index (χ1) is 11.5. The van der Waals surface area contributed by atoms with Crippen LogP contribution >= 0.6 is 15.9 Å². The van der Waals surface area contributed by atoms with Crippen molar-refractivity contribution >= 4 is 31.9 Å². The number of benzene rings is 1. The second-order valence-corrected chi connectivity index (χ2v) is 10.9. The number of hydrogen-bond donors (Lipinski definition) is 2. The molecule has 1 amide bonds. The van der Waals surface area contributed by atoms with Gasteiger partial charge in [0.2, 0.25) is 10.0 Å². The van der Waals surface area contributed by atoms with Crippen LogP contribution in [0.2, 0.25) is 0 Å². The van der Waals surface area contributed by atoms with E-state index in [1.165, 1.54) is 19.5 Å². The number of nitrogens with one attached hydrogen (secondary N) is 2. The molecule has 2 saturated carbocycles. The van der Waals surface area contributed by atoms with E-state index in [2.05, 4.69) is 46.7 Å². The van der Waals surface area contributed by atoms with Gasteiger partial charge in [-0.05, 0) is 77.2 Å². The minimum atomic E-state index is -3.63. The molecule has 2 bridgehead atoms. The Balaban J connectivity index is 1.89. The molecule has 138 valence electrons. The number of sulfonamides is 1. The summed E-state index contributed by atoms with van der Waals surface area (Å²) in [7, 11) is -2.28. The van der Waals surface area contributed by atoms with E-state index in [-0.39, 0.29) is 27.7 Å². The number of fused-ring (bicyclic) bond motifs is 2. The Hall–Kier alpha value is -0.920. The highest BCUT2D eigenvalue weighted by Crippen LogP contribution is 2.62. The summed E-state index contributed by atoms with van der Waals surface area (Å²) in [5.74, 6) is 0.417. The Morgan fingerprint density at radius 3 is 2.52 bits per heavy atom. The van der Waals surface area contributed by atoms with Gasteiger partial charge in [-0.2, -0.15) is 0 Å². The highest BCUT2D eigenvalue weighted by molar-refractivity contribution is 9.10. The molecule has 0 saturated heterocycles. The summed E-state index contributed by atoms with van der Waals surface area (Å²) in [5, 5.41) is 3.20. The van der Waals surface area contributed by atoms with Crippen LogP contribution in [-0.2, 0) is 10.0 Å². The monoisotopic (exact) mass is 428 g/mol. The van der Waals surface area contributed by atoms with Crippen molar-refractivity contribution in [3.63, 3.8) is 0 Å². The highest BCUT2D eigenvalue weighted by atomic mass is 79.9. The summed E-state index contributed by atoms with van der Waals surface area (Å²) in [4.78, 5) is 12.9. The van der Waals surface area contributed by atoms with Crippen molar-refractivity contribution in [1.29, 1.82) is 0 Å². The van der Waals surface area contributed by atoms with Crippen LogP contribution in [-0.4, -0.2) is 27.4 Å². The summed E-state index contributed by atoms with van der Waals surface area (Å²) >= 11 is 3.25. The van der Waals surface area contributed by atoms with Gasteiger partial charge in [-0.3, -0.25) is 4.79 Å². The molecule has 1 aromatic carbocycles. The van der Waals surface area contributed by atoms with E-state index in [4.69, 9.17) is 0 Å². The molecule has 0 heterocycles. The van der Waals surface area contributed by atoms with E-state index in [1.54, 1.807) is 12.1 Å². The Kier molecular flexibility index (Phi) is 4.57. The van der Waals surface area contributed by atoms with E-state index < -0.39 is 10.0 Å². The van der Waals surface area contributed by atoms with Crippen LogP contribution < -0.4 is 10.0 Å². The fraction of sp³-hybridized carbons (Fsp3) is 0.611. The van der Waals surface area contributed by atoms with E-state index in [9.17, 15) is 13.2 Å². The van der Waals surface area contributed by atoms with Crippen molar-refractivity contribution in [3.8, 4) is 0 Å². The van der Waals surface area contributed by atoms with E-state index in [0.717, 1.165) is 12.8 Å². The Labute approximate surface area is 158 Å². The zero-order chi connectivity index (χ0) is 18.6. The number of carbonyl (C=O) groups is 1. The molecule has 7 heteroatoms. The van der Waals surface area contributed by atoms with Gasteiger partial charge in [-0.15, -0.1) is 0 Å². The second-order valence-electron chi connectivity index (χ2n) is 8.17. The zero-order valence-corrected chi connectivity index (χ0v) is 17.4. The molecular formula is C18H25BrN2O3S. The Bertz CT molecular complexity index is 817. The van der Waals surface area contributed by atoms with Gasteiger partial charge in [0.1, 0.15) is 0 Å². The van der Waals surface area contributed by atoms with E-state index >= 15 is 0 Å². The fourth-order valence-corrected chi connectivity index (χ4v) is 6.55. The maximum absolute atomic E-state index is 12.8. The van der Waals surface area contributed by atoms with Gasteiger partial charge in [-0.25, -0.2) is 13.1 Å². The highest BCUT2D eigenvalue weighted by Gasteiger charge is 2.59. The van der Waals surface area contributed by atoms with Crippen molar-refractivity contribution in [1.82, 2.24) is 10.0 Å². The fourth-order valence-electron chi connectivity index (χ4n) is 4.84. The van der Waals surface area contributed by atoms with Crippen LogP contribution in [0.3, 0.4) is 0 Å². The molecule has 25 heavy (non-hydrogen) atoms. The summed E-state index contributed by atoms with van der Waals surface area (Å²) in [6, 6.07) is 4.77. The molecule has 2 fully saturated rings. The van der Waals surface area contributed by atoms with Crippen LogP contribution in [0.1, 0.15) is 50.4 Å². The molecule has 3 atom stereocenters. The van der Waals surface area contributed by atoms with Gasteiger partial charge in [0.05, 0.1) is 4.90 Å². The number of hydrogen-bond acceptors (Lipinski definition) is 3. The molecule has 3 rings (SSSR count). The SMILES string of the molecule is CNS(=O)(=O)c1cc(C(=O)NC2C3(C)CCC(C3)C2(C)C)ccc1Br.